The number of nitrogens with zero attached hydrogens (tertiary/aromatic N) is 7. The first-order valence-electron chi connectivity index (χ1n) is 9.28. The summed E-state index contributed by atoms with van der Waals surface area (Å²) < 4.78 is 15.1. The molecular weight excluding hydrogens is 453 g/mol. The molecule has 12 nitrogen and oxygen atoms in total. The quantitative estimate of drug-likeness (QED) is 0.339. The number of nitrogens with one attached hydrogen (secondary N) is 1. The minimum atomic E-state index is -0.775. The van der Waals surface area contributed by atoms with Crippen molar-refractivity contribution in [3.8, 4) is 11.9 Å². The Bertz CT molecular complexity index is 1500. The maximum absolute atomic E-state index is 14.0. The lowest BCUT2D eigenvalue weighted by Crippen LogP contribution is -2.28. The highest BCUT2D eigenvalue weighted by atomic mass is 35.5. The number of nitriles is 1. The standard InChI is InChI=1S/C19H15ClFN11O/c1-7(28-16-10(4-22)15(24)30-19(25)31-16)17-29-14-9(2-8(21)3-11(14)20)18(33)32(17)13-6-26-12(23)5-27-13/h2-3,5-7H,1H3,(H2,23,26)(H5,24,25,28,30,31)/t7-/m0/s1. The van der Waals surface area contributed by atoms with E-state index in [9.17, 15) is 14.4 Å². The summed E-state index contributed by atoms with van der Waals surface area (Å²) in [5.74, 6) is -0.627. The Morgan fingerprint density at radius 3 is 2.61 bits per heavy atom. The van der Waals surface area contributed by atoms with Gasteiger partial charge in [-0.15, -0.1) is 0 Å². The van der Waals surface area contributed by atoms with Crippen molar-refractivity contribution in [1.29, 1.82) is 5.26 Å². The van der Waals surface area contributed by atoms with E-state index in [2.05, 4.69) is 30.2 Å². The second-order valence-electron chi connectivity index (χ2n) is 6.86. The molecule has 1 atom stereocenters. The first-order chi connectivity index (χ1) is 15.7. The molecule has 33 heavy (non-hydrogen) atoms. The predicted molar refractivity (Wildman–Crippen MR) is 120 cm³/mol. The molecule has 0 spiro atoms. The summed E-state index contributed by atoms with van der Waals surface area (Å²) in [6, 6.07) is 3.20. The highest BCUT2D eigenvalue weighted by molar-refractivity contribution is 6.35. The maximum Gasteiger partial charge on any atom is 0.267 e. The van der Waals surface area contributed by atoms with E-state index in [1.165, 1.54) is 12.4 Å². The topological polar surface area (TPSA) is 200 Å². The molecule has 0 unspecified atom stereocenters. The van der Waals surface area contributed by atoms with Crippen LogP contribution in [0, 0.1) is 17.1 Å². The highest BCUT2D eigenvalue weighted by Gasteiger charge is 2.23. The molecule has 0 bridgehead atoms. The van der Waals surface area contributed by atoms with Gasteiger partial charge in [-0.05, 0) is 19.1 Å². The predicted octanol–water partition coefficient (Wildman–Crippen LogP) is 1.55. The average Bonchev–Trinajstić information content (AvgIpc) is 2.74. The summed E-state index contributed by atoms with van der Waals surface area (Å²) >= 11 is 6.17. The van der Waals surface area contributed by atoms with Crippen LogP contribution in [0.2, 0.25) is 5.02 Å². The molecule has 0 aliphatic rings. The van der Waals surface area contributed by atoms with Gasteiger partial charge in [0.25, 0.3) is 5.56 Å². The number of aromatic nitrogens is 6. The van der Waals surface area contributed by atoms with Crippen LogP contribution in [0.4, 0.5) is 27.8 Å². The lowest BCUT2D eigenvalue weighted by Gasteiger charge is -2.20. The van der Waals surface area contributed by atoms with Gasteiger partial charge in [-0.2, -0.15) is 15.2 Å². The molecule has 14 heteroatoms. The molecule has 4 aromatic rings. The zero-order chi connectivity index (χ0) is 23.9. The number of hydrogen-bond donors (Lipinski definition) is 4. The number of nitrogen functional groups attached to an aromatic ring is 3. The molecule has 0 aliphatic carbocycles. The Morgan fingerprint density at radius 2 is 1.94 bits per heavy atom. The van der Waals surface area contributed by atoms with Gasteiger partial charge in [-0.1, -0.05) is 11.6 Å². The largest absolute Gasteiger partial charge is 0.382 e. The normalized spacial score (nSPS) is 11.8. The van der Waals surface area contributed by atoms with Crippen molar-refractivity contribution in [1.82, 2.24) is 29.5 Å². The van der Waals surface area contributed by atoms with E-state index >= 15 is 0 Å². The van der Waals surface area contributed by atoms with Crippen molar-refractivity contribution in [2.24, 2.45) is 0 Å². The van der Waals surface area contributed by atoms with Crippen molar-refractivity contribution in [2.75, 3.05) is 22.5 Å². The molecular formula is C19H15ClFN11O. The zero-order valence-electron chi connectivity index (χ0n) is 16.9. The van der Waals surface area contributed by atoms with E-state index in [4.69, 9.17) is 28.8 Å². The molecule has 1 aromatic carbocycles. The van der Waals surface area contributed by atoms with Crippen LogP contribution >= 0.6 is 11.6 Å². The summed E-state index contributed by atoms with van der Waals surface area (Å²) in [5, 5.41) is 12.3. The molecule has 4 rings (SSSR count). The smallest absolute Gasteiger partial charge is 0.267 e. The van der Waals surface area contributed by atoms with E-state index in [1.54, 1.807) is 6.92 Å². The maximum atomic E-state index is 14.0. The molecule has 166 valence electrons. The van der Waals surface area contributed by atoms with Gasteiger partial charge in [0.1, 0.15) is 34.9 Å². The summed E-state index contributed by atoms with van der Waals surface area (Å²) in [7, 11) is 0. The lowest BCUT2D eigenvalue weighted by molar-refractivity contribution is 0.629. The van der Waals surface area contributed by atoms with Gasteiger partial charge in [-0.25, -0.2) is 23.9 Å². The molecule has 7 N–H and O–H groups in total. The van der Waals surface area contributed by atoms with E-state index in [0.717, 1.165) is 16.7 Å². The number of rotatable bonds is 4. The fourth-order valence-electron chi connectivity index (χ4n) is 3.17. The van der Waals surface area contributed by atoms with Crippen LogP contribution in [0.3, 0.4) is 0 Å². The zero-order valence-corrected chi connectivity index (χ0v) is 17.7. The van der Waals surface area contributed by atoms with Crippen LogP contribution in [0.1, 0.15) is 24.4 Å². The third-order valence-electron chi connectivity index (χ3n) is 4.61. The number of hydrogen-bond acceptors (Lipinski definition) is 11. The summed E-state index contributed by atoms with van der Waals surface area (Å²) in [6.07, 6.45) is 2.52. The van der Waals surface area contributed by atoms with E-state index < -0.39 is 17.4 Å². The van der Waals surface area contributed by atoms with Crippen molar-refractivity contribution in [3.05, 3.63) is 57.1 Å². The third kappa shape index (κ3) is 3.90. The van der Waals surface area contributed by atoms with Gasteiger partial charge in [0.15, 0.2) is 11.6 Å². The SMILES string of the molecule is C[C@H](Nc1nc(N)nc(N)c1C#N)c1nc2c(Cl)cc(F)cc2c(=O)n1-c1cnc(N)cn1. The van der Waals surface area contributed by atoms with Gasteiger partial charge in [-0.3, -0.25) is 4.79 Å². The van der Waals surface area contributed by atoms with Crippen molar-refractivity contribution < 1.29 is 4.39 Å². The van der Waals surface area contributed by atoms with Crippen LogP contribution in [-0.2, 0) is 0 Å². The lowest BCUT2D eigenvalue weighted by atomic mass is 10.2. The van der Waals surface area contributed by atoms with E-state index in [1.807, 2.05) is 6.07 Å². The molecule has 0 saturated carbocycles. The molecule has 0 saturated heterocycles. The molecule has 3 heterocycles. The van der Waals surface area contributed by atoms with Gasteiger partial charge in [0.05, 0.1) is 34.4 Å². The van der Waals surface area contributed by atoms with Crippen LogP contribution in [0.5, 0.6) is 0 Å². The van der Waals surface area contributed by atoms with Crippen molar-refractivity contribution >= 4 is 45.9 Å². The summed E-state index contributed by atoms with van der Waals surface area (Å²) in [5.41, 5.74) is 16.4. The molecule has 3 aromatic heterocycles. The van der Waals surface area contributed by atoms with Crippen LogP contribution < -0.4 is 28.1 Å². The number of benzene rings is 1. The first-order valence-corrected chi connectivity index (χ1v) is 9.66. The minimum absolute atomic E-state index is 0.0319. The third-order valence-corrected chi connectivity index (χ3v) is 4.90. The van der Waals surface area contributed by atoms with Gasteiger partial charge in [0, 0.05) is 0 Å². The van der Waals surface area contributed by atoms with Crippen LogP contribution in [0.15, 0.2) is 29.3 Å². The van der Waals surface area contributed by atoms with Crippen LogP contribution in [-0.4, -0.2) is 29.5 Å². The summed E-state index contributed by atoms with van der Waals surface area (Å²) in [6.45, 7) is 1.64. The molecule has 0 fully saturated rings. The van der Waals surface area contributed by atoms with E-state index in [0.29, 0.717) is 0 Å². The molecule has 0 radical (unpaired) electrons. The van der Waals surface area contributed by atoms with Crippen LogP contribution in [0.25, 0.3) is 16.7 Å². The molecule has 0 amide bonds. The van der Waals surface area contributed by atoms with Gasteiger partial charge in [0.2, 0.25) is 5.95 Å². The Labute approximate surface area is 189 Å². The Hall–Kier alpha value is -4.57. The Morgan fingerprint density at radius 1 is 1.18 bits per heavy atom. The minimum Gasteiger partial charge on any atom is -0.382 e. The Kier molecular flexibility index (Phi) is 5.36. The molecule has 0 aliphatic heterocycles. The second kappa shape index (κ2) is 8.17. The number of anilines is 4. The monoisotopic (exact) mass is 467 g/mol. The van der Waals surface area contributed by atoms with E-state index in [-0.39, 0.29) is 56.5 Å². The second-order valence-corrected chi connectivity index (χ2v) is 7.27. The highest BCUT2D eigenvalue weighted by Crippen LogP contribution is 2.27. The number of fused-ring (bicyclic) bond motifs is 1. The fourth-order valence-corrected chi connectivity index (χ4v) is 3.42. The fraction of sp³-hybridized carbons (Fsp3) is 0.105. The van der Waals surface area contributed by atoms with Crippen molar-refractivity contribution in [3.63, 3.8) is 0 Å². The average molecular weight is 468 g/mol. The van der Waals surface area contributed by atoms with Gasteiger partial charge >= 0.3 is 0 Å². The van der Waals surface area contributed by atoms with Crippen molar-refractivity contribution in [2.45, 2.75) is 13.0 Å². The Balaban J connectivity index is 1.96. The van der Waals surface area contributed by atoms with Gasteiger partial charge < -0.3 is 22.5 Å². The number of nitrogens with two attached hydrogens (primary N) is 3. The number of halogens is 2. The summed E-state index contributed by atoms with van der Waals surface area (Å²) in [4.78, 5) is 33.7. The first kappa shape index (κ1) is 21.7.